The quantitative estimate of drug-likeness (QED) is 0.810. The average Bonchev–Trinajstić information content (AvgIpc) is 2.19. The number of carbonyl (C=O) groups is 1. The molecule has 1 unspecified atom stereocenters. The second-order valence-corrected chi connectivity index (χ2v) is 5.80. The number of rotatable bonds is 3. The highest BCUT2D eigenvalue weighted by atomic mass is 16.3. The summed E-state index contributed by atoms with van der Waals surface area (Å²) in [5, 5.41) is 10.3. The van der Waals surface area contributed by atoms with E-state index in [0.29, 0.717) is 12.2 Å². The molecule has 1 atom stereocenters. The van der Waals surface area contributed by atoms with Crippen molar-refractivity contribution in [2.45, 2.75) is 52.4 Å². The third kappa shape index (κ3) is 3.09. The Kier molecular flexibility index (Phi) is 3.97. The van der Waals surface area contributed by atoms with Gasteiger partial charge in [-0.15, -0.1) is 0 Å². The van der Waals surface area contributed by atoms with Gasteiger partial charge in [0.25, 0.3) is 0 Å². The molecule has 2 nitrogen and oxygen atoms in total. The van der Waals surface area contributed by atoms with Crippen molar-refractivity contribution in [1.29, 1.82) is 0 Å². The minimum Gasteiger partial charge on any atom is -0.507 e. The van der Waals surface area contributed by atoms with Crippen molar-refractivity contribution >= 4 is 6.29 Å². The summed E-state index contributed by atoms with van der Waals surface area (Å²) < 4.78 is 0. The van der Waals surface area contributed by atoms with E-state index in [-0.39, 0.29) is 11.3 Å². The van der Waals surface area contributed by atoms with Crippen molar-refractivity contribution in [2.75, 3.05) is 0 Å². The lowest BCUT2D eigenvalue weighted by atomic mass is 9.82. The zero-order chi connectivity index (χ0) is 13.2. The Morgan fingerprint density at radius 1 is 1.35 bits per heavy atom. The molecule has 0 radical (unpaired) electrons. The van der Waals surface area contributed by atoms with E-state index in [2.05, 4.69) is 20.8 Å². The Labute approximate surface area is 104 Å². The lowest BCUT2D eigenvalue weighted by Gasteiger charge is -2.24. The first-order valence-electron chi connectivity index (χ1n) is 6.05. The van der Waals surface area contributed by atoms with Crippen LogP contribution in [0.5, 0.6) is 5.75 Å². The van der Waals surface area contributed by atoms with Gasteiger partial charge in [0.05, 0.1) is 0 Å². The van der Waals surface area contributed by atoms with Crippen LogP contribution in [0, 0.1) is 6.92 Å². The minimum absolute atomic E-state index is 0.0634. The molecular formula is C15H22O2. The Balaban J connectivity index is 3.33. The zero-order valence-corrected chi connectivity index (χ0v) is 11.4. The molecule has 0 heterocycles. The van der Waals surface area contributed by atoms with Crippen molar-refractivity contribution in [3.8, 4) is 5.75 Å². The van der Waals surface area contributed by atoms with Crippen LogP contribution in [0.4, 0.5) is 0 Å². The van der Waals surface area contributed by atoms with E-state index in [1.54, 1.807) is 0 Å². The van der Waals surface area contributed by atoms with E-state index < -0.39 is 0 Å². The maximum atomic E-state index is 10.6. The van der Waals surface area contributed by atoms with Gasteiger partial charge in [-0.25, -0.2) is 0 Å². The lowest BCUT2D eigenvalue weighted by molar-refractivity contribution is -0.108. The summed E-state index contributed by atoms with van der Waals surface area (Å²) >= 11 is 0. The number of hydrogen-bond donors (Lipinski definition) is 1. The van der Waals surface area contributed by atoms with Crippen LogP contribution in [0.1, 0.15) is 56.7 Å². The van der Waals surface area contributed by atoms with Gasteiger partial charge in [-0.3, -0.25) is 0 Å². The van der Waals surface area contributed by atoms with Crippen LogP contribution in [0.3, 0.4) is 0 Å². The molecule has 0 spiro atoms. The molecule has 0 aromatic heterocycles. The Morgan fingerprint density at radius 3 is 2.41 bits per heavy atom. The molecule has 0 aliphatic heterocycles. The Morgan fingerprint density at radius 2 is 1.94 bits per heavy atom. The van der Waals surface area contributed by atoms with E-state index >= 15 is 0 Å². The van der Waals surface area contributed by atoms with Gasteiger partial charge in [-0.2, -0.15) is 0 Å². The molecule has 0 amide bonds. The highest BCUT2D eigenvalue weighted by Gasteiger charge is 2.22. The molecule has 0 saturated carbocycles. The zero-order valence-electron chi connectivity index (χ0n) is 11.4. The molecule has 17 heavy (non-hydrogen) atoms. The van der Waals surface area contributed by atoms with Crippen LogP contribution in [-0.4, -0.2) is 11.4 Å². The van der Waals surface area contributed by atoms with Crippen molar-refractivity contribution in [3.05, 3.63) is 28.8 Å². The fourth-order valence-corrected chi connectivity index (χ4v) is 2.03. The molecule has 0 aliphatic carbocycles. The summed E-state index contributed by atoms with van der Waals surface area (Å²) in [5.74, 6) is 0.408. The third-order valence-corrected chi connectivity index (χ3v) is 3.07. The fraction of sp³-hybridized carbons (Fsp3) is 0.533. The van der Waals surface area contributed by atoms with Crippen LogP contribution >= 0.6 is 0 Å². The number of phenolic OH excluding ortho intramolecular Hbond substituents is 1. The molecule has 1 rings (SSSR count). The molecular weight excluding hydrogens is 212 g/mol. The maximum absolute atomic E-state index is 10.6. The van der Waals surface area contributed by atoms with Gasteiger partial charge in [0.1, 0.15) is 12.0 Å². The van der Waals surface area contributed by atoms with E-state index in [1.807, 2.05) is 26.0 Å². The lowest BCUT2D eigenvalue weighted by Crippen LogP contribution is -2.13. The standard InChI is InChI=1S/C15H22O2/c1-10-8-12(11(2)6-7-16)14(17)13(9-10)15(3,4)5/h7-9,11,17H,6H2,1-5H3. The van der Waals surface area contributed by atoms with Gasteiger partial charge in [-0.1, -0.05) is 45.4 Å². The Bertz CT molecular complexity index is 414. The summed E-state index contributed by atoms with van der Waals surface area (Å²) in [6, 6.07) is 3.99. The normalized spacial score (nSPS) is 13.5. The van der Waals surface area contributed by atoms with E-state index in [9.17, 15) is 9.90 Å². The predicted octanol–water partition coefficient (Wildman–Crippen LogP) is 3.69. The van der Waals surface area contributed by atoms with Crippen LogP contribution in [0.25, 0.3) is 0 Å². The first-order valence-corrected chi connectivity index (χ1v) is 6.05. The van der Waals surface area contributed by atoms with Crippen LogP contribution < -0.4 is 0 Å². The van der Waals surface area contributed by atoms with Crippen LogP contribution in [0.2, 0.25) is 0 Å². The van der Waals surface area contributed by atoms with Crippen molar-refractivity contribution in [2.24, 2.45) is 0 Å². The summed E-state index contributed by atoms with van der Waals surface area (Å²) in [6.45, 7) is 10.2. The highest BCUT2D eigenvalue weighted by Crippen LogP contribution is 2.38. The fourth-order valence-electron chi connectivity index (χ4n) is 2.03. The van der Waals surface area contributed by atoms with Gasteiger partial charge in [0, 0.05) is 6.42 Å². The largest absolute Gasteiger partial charge is 0.507 e. The molecule has 1 N–H and O–H groups in total. The average molecular weight is 234 g/mol. The molecule has 0 bridgehead atoms. The van der Waals surface area contributed by atoms with Crippen LogP contribution in [0.15, 0.2) is 12.1 Å². The number of aryl methyl sites for hydroxylation is 1. The van der Waals surface area contributed by atoms with Crippen molar-refractivity contribution in [1.82, 2.24) is 0 Å². The number of aldehydes is 1. The maximum Gasteiger partial charge on any atom is 0.122 e. The number of benzene rings is 1. The van der Waals surface area contributed by atoms with Gasteiger partial charge in [0.15, 0.2) is 0 Å². The summed E-state index contributed by atoms with van der Waals surface area (Å²) in [5.41, 5.74) is 2.86. The Hall–Kier alpha value is -1.31. The van der Waals surface area contributed by atoms with Gasteiger partial charge in [0.2, 0.25) is 0 Å². The van der Waals surface area contributed by atoms with E-state index in [4.69, 9.17) is 0 Å². The van der Waals surface area contributed by atoms with E-state index in [0.717, 1.165) is 23.0 Å². The summed E-state index contributed by atoms with van der Waals surface area (Å²) in [4.78, 5) is 10.6. The number of aromatic hydroxyl groups is 1. The molecule has 0 aliphatic rings. The second-order valence-electron chi connectivity index (χ2n) is 5.80. The minimum atomic E-state index is -0.0915. The van der Waals surface area contributed by atoms with E-state index in [1.165, 1.54) is 0 Å². The number of hydrogen-bond acceptors (Lipinski definition) is 2. The molecule has 1 aromatic carbocycles. The monoisotopic (exact) mass is 234 g/mol. The predicted molar refractivity (Wildman–Crippen MR) is 70.6 cm³/mol. The van der Waals surface area contributed by atoms with Gasteiger partial charge >= 0.3 is 0 Å². The van der Waals surface area contributed by atoms with Gasteiger partial charge in [-0.05, 0) is 29.4 Å². The number of phenols is 1. The smallest absolute Gasteiger partial charge is 0.122 e. The highest BCUT2D eigenvalue weighted by molar-refractivity contribution is 5.54. The molecule has 94 valence electrons. The topological polar surface area (TPSA) is 37.3 Å². The van der Waals surface area contributed by atoms with Crippen molar-refractivity contribution in [3.63, 3.8) is 0 Å². The second kappa shape index (κ2) is 4.91. The first-order chi connectivity index (χ1) is 7.77. The van der Waals surface area contributed by atoms with Gasteiger partial charge < -0.3 is 9.90 Å². The molecule has 2 heteroatoms. The third-order valence-electron chi connectivity index (χ3n) is 3.07. The molecule has 0 saturated heterocycles. The molecule has 1 aromatic rings. The summed E-state index contributed by atoms with van der Waals surface area (Å²) in [7, 11) is 0. The van der Waals surface area contributed by atoms with Crippen molar-refractivity contribution < 1.29 is 9.90 Å². The SMILES string of the molecule is Cc1cc(C(C)CC=O)c(O)c(C(C)(C)C)c1. The number of carbonyl (C=O) groups excluding carboxylic acids is 1. The van der Waals surface area contributed by atoms with Crippen LogP contribution in [-0.2, 0) is 10.2 Å². The first kappa shape index (κ1) is 13.8. The summed E-state index contributed by atoms with van der Waals surface area (Å²) in [6.07, 6.45) is 1.35. The molecule has 0 fully saturated rings.